The maximum atomic E-state index is 12.1. The molecule has 0 radical (unpaired) electrons. The Bertz CT molecular complexity index is 803. The van der Waals surface area contributed by atoms with Gasteiger partial charge in [-0.1, -0.05) is 25.5 Å². The van der Waals surface area contributed by atoms with E-state index in [1.165, 1.54) is 0 Å². The Hall–Kier alpha value is -2.63. The fourth-order valence-corrected chi connectivity index (χ4v) is 3.49. The minimum absolute atomic E-state index is 0.0138. The van der Waals surface area contributed by atoms with E-state index in [-0.39, 0.29) is 30.1 Å². The minimum atomic E-state index is -1.14. The molecule has 0 saturated carbocycles. The standard InChI is InChI=1S/C20H24O6/c1-5-13-12(4)15-9-26-20(25)18(15)17(19(23)24)14(13)7-6-10(2)11(3)8-16(21)22/h6,11H,5,7-9H2,1-4H3,(H,21,22)(H,23,24). The molecule has 0 amide bonds. The molecule has 0 fully saturated rings. The summed E-state index contributed by atoms with van der Waals surface area (Å²) in [6.07, 6.45) is 2.85. The molecule has 1 aliphatic rings. The molecular formula is C20H24O6. The average Bonchev–Trinajstić information content (AvgIpc) is 2.93. The van der Waals surface area contributed by atoms with Crippen LogP contribution in [0.4, 0.5) is 0 Å². The number of hydrogen-bond donors (Lipinski definition) is 2. The van der Waals surface area contributed by atoms with Crippen LogP contribution in [0.15, 0.2) is 11.6 Å². The van der Waals surface area contributed by atoms with E-state index in [2.05, 4.69) is 0 Å². The summed E-state index contributed by atoms with van der Waals surface area (Å²) in [5, 5.41) is 18.7. The van der Waals surface area contributed by atoms with Gasteiger partial charge >= 0.3 is 17.9 Å². The van der Waals surface area contributed by atoms with Gasteiger partial charge in [0.15, 0.2) is 0 Å². The molecule has 1 aromatic carbocycles. The lowest BCUT2D eigenvalue weighted by molar-refractivity contribution is -0.137. The summed E-state index contributed by atoms with van der Waals surface area (Å²) >= 11 is 0. The number of ether oxygens (including phenoxy) is 1. The Labute approximate surface area is 152 Å². The van der Waals surface area contributed by atoms with Crippen LogP contribution in [0.5, 0.6) is 0 Å². The normalized spacial score (nSPS) is 14.8. The first kappa shape index (κ1) is 19.7. The first-order valence-electron chi connectivity index (χ1n) is 8.64. The molecule has 0 bridgehead atoms. The molecule has 140 valence electrons. The van der Waals surface area contributed by atoms with Crippen LogP contribution in [0, 0.1) is 12.8 Å². The molecule has 1 heterocycles. The second-order valence-electron chi connectivity index (χ2n) is 6.70. The van der Waals surface area contributed by atoms with Crippen molar-refractivity contribution in [2.75, 3.05) is 0 Å². The second kappa shape index (κ2) is 7.72. The highest BCUT2D eigenvalue weighted by Crippen LogP contribution is 2.34. The third-order valence-corrected chi connectivity index (χ3v) is 5.13. The molecule has 0 saturated heterocycles. The van der Waals surface area contributed by atoms with Gasteiger partial charge in [0.1, 0.15) is 6.61 Å². The van der Waals surface area contributed by atoms with Crippen molar-refractivity contribution in [2.24, 2.45) is 5.92 Å². The first-order chi connectivity index (χ1) is 12.2. The van der Waals surface area contributed by atoms with Gasteiger partial charge in [-0.05, 0) is 49.3 Å². The summed E-state index contributed by atoms with van der Waals surface area (Å²) in [4.78, 5) is 34.9. The van der Waals surface area contributed by atoms with Crippen LogP contribution in [0.3, 0.4) is 0 Å². The van der Waals surface area contributed by atoms with Gasteiger partial charge in [-0.3, -0.25) is 4.79 Å². The van der Waals surface area contributed by atoms with Crippen molar-refractivity contribution in [1.29, 1.82) is 0 Å². The zero-order valence-corrected chi connectivity index (χ0v) is 15.5. The fraction of sp³-hybridized carbons (Fsp3) is 0.450. The highest BCUT2D eigenvalue weighted by atomic mass is 16.5. The Morgan fingerprint density at radius 3 is 2.46 bits per heavy atom. The monoisotopic (exact) mass is 360 g/mol. The van der Waals surface area contributed by atoms with Crippen molar-refractivity contribution in [2.45, 2.75) is 53.6 Å². The highest BCUT2D eigenvalue weighted by molar-refractivity contribution is 6.06. The van der Waals surface area contributed by atoms with Crippen LogP contribution in [-0.2, 0) is 29.0 Å². The molecule has 1 aliphatic heterocycles. The van der Waals surface area contributed by atoms with Crippen molar-refractivity contribution in [3.8, 4) is 0 Å². The minimum Gasteiger partial charge on any atom is -0.481 e. The van der Waals surface area contributed by atoms with Gasteiger partial charge in [0.05, 0.1) is 17.5 Å². The summed E-state index contributed by atoms with van der Waals surface area (Å²) in [7, 11) is 0. The number of fused-ring (bicyclic) bond motifs is 1. The van der Waals surface area contributed by atoms with Gasteiger partial charge in [-0.2, -0.15) is 0 Å². The number of carboxylic acids is 2. The van der Waals surface area contributed by atoms with E-state index in [0.717, 1.165) is 16.7 Å². The van der Waals surface area contributed by atoms with Crippen LogP contribution in [0.25, 0.3) is 0 Å². The molecule has 26 heavy (non-hydrogen) atoms. The number of benzene rings is 1. The quantitative estimate of drug-likeness (QED) is 0.570. The Kier molecular flexibility index (Phi) is 5.85. The average molecular weight is 360 g/mol. The van der Waals surface area contributed by atoms with E-state index >= 15 is 0 Å². The molecule has 1 atom stereocenters. The third kappa shape index (κ3) is 3.64. The van der Waals surface area contributed by atoms with E-state index in [0.29, 0.717) is 24.0 Å². The summed E-state index contributed by atoms with van der Waals surface area (Å²) in [6, 6.07) is 0. The second-order valence-corrected chi connectivity index (χ2v) is 6.70. The molecule has 6 heteroatoms. The number of cyclic esters (lactones) is 1. The topological polar surface area (TPSA) is 101 Å². The predicted octanol–water partition coefficient (Wildman–Crippen LogP) is 3.53. The number of carbonyl (C=O) groups excluding carboxylic acids is 1. The molecule has 0 aromatic heterocycles. The molecule has 0 aliphatic carbocycles. The van der Waals surface area contributed by atoms with E-state index in [1.807, 2.05) is 33.8 Å². The van der Waals surface area contributed by atoms with E-state index in [4.69, 9.17) is 9.84 Å². The summed E-state index contributed by atoms with van der Waals surface area (Å²) in [6.45, 7) is 7.61. The zero-order valence-electron chi connectivity index (χ0n) is 15.5. The van der Waals surface area contributed by atoms with Gasteiger partial charge in [-0.15, -0.1) is 0 Å². The zero-order chi connectivity index (χ0) is 19.6. The van der Waals surface area contributed by atoms with Gasteiger partial charge in [0, 0.05) is 5.56 Å². The smallest absolute Gasteiger partial charge is 0.339 e. The summed E-state index contributed by atoms with van der Waals surface area (Å²) < 4.78 is 5.07. The van der Waals surface area contributed by atoms with Crippen molar-refractivity contribution in [3.05, 3.63) is 45.0 Å². The number of aliphatic carboxylic acids is 1. The van der Waals surface area contributed by atoms with Crippen LogP contribution in [0.2, 0.25) is 0 Å². The van der Waals surface area contributed by atoms with Gasteiger partial charge in [-0.25, -0.2) is 9.59 Å². The fourth-order valence-electron chi connectivity index (χ4n) is 3.49. The number of hydrogen-bond acceptors (Lipinski definition) is 4. The lowest BCUT2D eigenvalue weighted by Crippen LogP contribution is -2.15. The number of esters is 1. The first-order valence-corrected chi connectivity index (χ1v) is 8.64. The SMILES string of the molecule is CCc1c(C)c2c(c(C(=O)O)c1CC=C(C)C(C)CC(=O)O)C(=O)OC2. The number of carboxylic acid groups (broad SMARTS) is 2. The van der Waals surface area contributed by atoms with Gasteiger partial charge in [0.2, 0.25) is 0 Å². The van der Waals surface area contributed by atoms with E-state index in [1.54, 1.807) is 0 Å². The molecule has 6 nitrogen and oxygen atoms in total. The number of carbonyl (C=O) groups is 3. The molecule has 0 spiro atoms. The lowest BCUT2D eigenvalue weighted by atomic mass is 9.85. The van der Waals surface area contributed by atoms with Crippen LogP contribution >= 0.6 is 0 Å². The van der Waals surface area contributed by atoms with Crippen molar-refractivity contribution in [1.82, 2.24) is 0 Å². The summed E-state index contributed by atoms with van der Waals surface area (Å²) in [5.41, 5.74) is 4.13. The van der Waals surface area contributed by atoms with Crippen molar-refractivity contribution in [3.63, 3.8) is 0 Å². The maximum Gasteiger partial charge on any atom is 0.339 e. The van der Waals surface area contributed by atoms with E-state index in [9.17, 15) is 19.5 Å². The number of rotatable bonds is 7. The lowest BCUT2D eigenvalue weighted by Gasteiger charge is -2.18. The van der Waals surface area contributed by atoms with Crippen molar-refractivity contribution < 1.29 is 29.3 Å². The van der Waals surface area contributed by atoms with Crippen LogP contribution in [-0.4, -0.2) is 28.1 Å². The molecular weight excluding hydrogens is 336 g/mol. The molecule has 1 aromatic rings. The Morgan fingerprint density at radius 2 is 1.92 bits per heavy atom. The molecule has 2 N–H and O–H groups in total. The molecule has 1 unspecified atom stereocenters. The third-order valence-electron chi connectivity index (χ3n) is 5.13. The predicted molar refractivity (Wildman–Crippen MR) is 95.5 cm³/mol. The Balaban J connectivity index is 2.56. The molecule has 2 rings (SSSR count). The Morgan fingerprint density at radius 1 is 1.27 bits per heavy atom. The van der Waals surface area contributed by atoms with Crippen molar-refractivity contribution >= 4 is 17.9 Å². The number of aromatic carboxylic acids is 1. The van der Waals surface area contributed by atoms with Gasteiger partial charge < -0.3 is 14.9 Å². The van der Waals surface area contributed by atoms with E-state index < -0.39 is 17.9 Å². The largest absolute Gasteiger partial charge is 0.481 e. The summed E-state index contributed by atoms with van der Waals surface area (Å²) in [5.74, 6) is -2.76. The number of allylic oxidation sites excluding steroid dienone is 2. The van der Waals surface area contributed by atoms with Crippen LogP contribution in [0.1, 0.15) is 70.2 Å². The maximum absolute atomic E-state index is 12.1. The van der Waals surface area contributed by atoms with Gasteiger partial charge in [0.25, 0.3) is 0 Å². The highest BCUT2D eigenvalue weighted by Gasteiger charge is 2.33. The van der Waals surface area contributed by atoms with Crippen LogP contribution < -0.4 is 0 Å².